The SMILES string of the molecule is O=C(Nc1ccc2nc(-c3ccc(O)cc3)[nH]c2c1)C1CCCCC1. The first-order chi connectivity index (χ1) is 12.2. The molecule has 1 aliphatic rings. The average Bonchev–Trinajstić information content (AvgIpc) is 3.06. The van der Waals surface area contributed by atoms with Gasteiger partial charge in [-0.05, 0) is 55.3 Å². The summed E-state index contributed by atoms with van der Waals surface area (Å²) in [6.45, 7) is 0. The standard InChI is InChI=1S/C20H21N3O2/c24-16-9-6-13(7-10-16)19-22-17-11-8-15(12-18(17)23-19)21-20(25)14-4-2-1-3-5-14/h6-12,14,24H,1-5H2,(H,21,25)(H,22,23). The predicted octanol–water partition coefficient (Wildman–Crippen LogP) is 4.45. The summed E-state index contributed by atoms with van der Waals surface area (Å²) >= 11 is 0. The molecule has 1 amide bonds. The summed E-state index contributed by atoms with van der Waals surface area (Å²) in [4.78, 5) is 20.3. The number of nitrogens with zero attached hydrogens (tertiary/aromatic N) is 1. The number of hydrogen-bond donors (Lipinski definition) is 3. The van der Waals surface area contributed by atoms with Crippen molar-refractivity contribution in [2.75, 3.05) is 5.32 Å². The molecular weight excluding hydrogens is 314 g/mol. The number of aromatic nitrogens is 2. The highest BCUT2D eigenvalue weighted by Gasteiger charge is 2.21. The lowest BCUT2D eigenvalue weighted by Gasteiger charge is -2.20. The molecule has 1 heterocycles. The van der Waals surface area contributed by atoms with Crippen LogP contribution in [-0.2, 0) is 4.79 Å². The van der Waals surface area contributed by atoms with E-state index in [0.29, 0.717) is 0 Å². The first kappa shape index (κ1) is 15.7. The Hall–Kier alpha value is -2.82. The van der Waals surface area contributed by atoms with Gasteiger partial charge in [-0.1, -0.05) is 19.3 Å². The van der Waals surface area contributed by atoms with Crippen molar-refractivity contribution in [1.29, 1.82) is 0 Å². The van der Waals surface area contributed by atoms with Crippen molar-refractivity contribution >= 4 is 22.6 Å². The zero-order valence-electron chi connectivity index (χ0n) is 14.0. The highest BCUT2D eigenvalue weighted by atomic mass is 16.3. The van der Waals surface area contributed by atoms with Crippen LogP contribution in [0.25, 0.3) is 22.4 Å². The fraction of sp³-hybridized carbons (Fsp3) is 0.300. The summed E-state index contributed by atoms with van der Waals surface area (Å²) in [6, 6.07) is 12.6. The molecule has 0 aliphatic heterocycles. The maximum atomic E-state index is 12.4. The van der Waals surface area contributed by atoms with E-state index in [-0.39, 0.29) is 17.6 Å². The van der Waals surface area contributed by atoms with Crippen molar-refractivity contribution in [2.45, 2.75) is 32.1 Å². The molecule has 5 nitrogen and oxygen atoms in total. The van der Waals surface area contributed by atoms with Crippen molar-refractivity contribution in [3.63, 3.8) is 0 Å². The molecule has 128 valence electrons. The Morgan fingerprint density at radius 1 is 1.08 bits per heavy atom. The second kappa shape index (κ2) is 6.59. The van der Waals surface area contributed by atoms with Gasteiger partial charge in [0.1, 0.15) is 11.6 Å². The van der Waals surface area contributed by atoms with Crippen LogP contribution in [0.1, 0.15) is 32.1 Å². The van der Waals surface area contributed by atoms with E-state index in [1.165, 1.54) is 6.42 Å². The number of carbonyl (C=O) groups is 1. The minimum Gasteiger partial charge on any atom is -0.508 e. The summed E-state index contributed by atoms with van der Waals surface area (Å²) in [6.07, 6.45) is 5.51. The molecule has 5 heteroatoms. The Kier molecular flexibility index (Phi) is 4.14. The molecule has 0 saturated heterocycles. The number of anilines is 1. The van der Waals surface area contributed by atoms with Crippen LogP contribution in [0, 0.1) is 5.92 Å². The fourth-order valence-corrected chi connectivity index (χ4v) is 3.45. The highest BCUT2D eigenvalue weighted by Crippen LogP contribution is 2.27. The summed E-state index contributed by atoms with van der Waals surface area (Å²) in [5, 5.41) is 12.4. The quantitative estimate of drug-likeness (QED) is 0.661. The first-order valence-corrected chi connectivity index (χ1v) is 8.79. The van der Waals surface area contributed by atoms with Gasteiger partial charge in [-0.2, -0.15) is 0 Å². The molecule has 0 spiro atoms. The van der Waals surface area contributed by atoms with Gasteiger partial charge in [0, 0.05) is 17.2 Å². The number of benzene rings is 2. The zero-order chi connectivity index (χ0) is 17.2. The fourth-order valence-electron chi connectivity index (χ4n) is 3.45. The van der Waals surface area contributed by atoms with Gasteiger partial charge < -0.3 is 15.4 Å². The molecule has 0 bridgehead atoms. The topological polar surface area (TPSA) is 78.0 Å². The number of H-pyrrole nitrogens is 1. The number of imidazole rings is 1. The maximum absolute atomic E-state index is 12.4. The normalized spacial score (nSPS) is 15.4. The number of carbonyl (C=O) groups excluding carboxylic acids is 1. The van der Waals surface area contributed by atoms with E-state index in [1.54, 1.807) is 12.1 Å². The zero-order valence-corrected chi connectivity index (χ0v) is 14.0. The number of fused-ring (bicyclic) bond motifs is 1. The molecule has 0 atom stereocenters. The van der Waals surface area contributed by atoms with Gasteiger partial charge in [-0.15, -0.1) is 0 Å². The van der Waals surface area contributed by atoms with E-state index >= 15 is 0 Å². The van der Waals surface area contributed by atoms with Gasteiger partial charge in [0.05, 0.1) is 11.0 Å². The number of aromatic hydroxyl groups is 1. The second-order valence-electron chi connectivity index (χ2n) is 6.69. The number of nitrogens with one attached hydrogen (secondary N) is 2. The van der Waals surface area contributed by atoms with E-state index in [9.17, 15) is 9.90 Å². The summed E-state index contributed by atoms with van der Waals surface area (Å²) < 4.78 is 0. The van der Waals surface area contributed by atoms with Crippen molar-refractivity contribution in [3.05, 3.63) is 42.5 Å². The molecule has 0 unspecified atom stereocenters. The molecular formula is C20H21N3O2. The predicted molar refractivity (Wildman–Crippen MR) is 98.4 cm³/mol. The van der Waals surface area contributed by atoms with Gasteiger partial charge in [0.25, 0.3) is 0 Å². The van der Waals surface area contributed by atoms with E-state index in [1.807, 2.05) is 30.3 Å². The molecule has 4 rings (SSSR count). The lowest BCUT2D eigenvalue weighted by molar-refractivity contribution is -0.120. The molecule has 2 aromatic carbocycles. The van der Waals surface area contributed by atoms with E-state index < -0.39 is 0 Å². The molecule has 3 aromatic rings. The van der Waals surface area contributed by atoms with Gasteiger partial charge in [-0.3, -0.25) is 4.79 Å². The average molecular weight is 335 g/mol. The van der Waals surface area contributed by atoms with Gasteiger partial charge >= 0.3 is 0 Å². The van der Waals surface area contributed by atoms with E-state index in [4.69, 9.17) is 0 Å². The van der Waals surface area contributed by atoms with Crippen molar-refractivity contribution in [2.24, 2.45) is 5.92 Å². The van der Waals surface area contributed by atoms with Crippen molar-refractivity contribution in [1.82, 2.24) is 9.97 Å². The molecule has 25 heavy (non-hydrogen) atoms. The third kappa shape index (κ3) is 3.36. The van der Waals surface area contributed by atoms with Crippen LogP contribution in [0.5, 0.6) is 5.75 Å². The Balaban J connectivity index is 1.55. The van der Waals surface area contributed by atoms with Crippen LogP contribution >= 0.6 is 0 Å². The Morgan fingerprint density at radius 3 is 2.60 bits per heavy atom. The number of phenolic OH excluding ortho intramolecular Hbond substituents is 1. The van der Waals surface area contributed by atoms with Gasteiger partial charge in [0.15, 0.2) is 0 Å². The summed E-state index contributed by atoms with van der Waals surface area (Å²) in [7, 11) is 0. The third-order valence-electron chi connectivity index (χ3n) is 4.87. The Labute approximate surface area is 146 Å². The van der Waals surface area contributed by atoms with Crippen LogP contribution in [0.15, 0.2) is 42.5 Å². The van der Waals surface area contributed by atoms with Crippen LogP contribution in [-0.4, -0.2) is 21.0 Å². The molecule has 1 fully saturated rings. The lowest BCUT2D eigenvalue weighted by Crippen LogP contribution is -2.24. The smallest absolute Gasteiger partial charge is 0.227 e. The summed E-state index contributed by atoms with van der Waals surface area (Å²) in [5.74, 6) is 1.23. The van der Waals surface area contributed by atoms with Crippen molar-refractivity contribution in [3.8, 4) is 17.1 Å². The van der Waals surface area contributed by atoms with Crippen LogP contribution < -0.4 is 5.32 Å². The van der Waals surface area contributed by atoms with Gasteiger partial charge in [0.2, 0.25) is 5.91 Å². The summed E-state index contributed by atoms with van der Waals surface area (Å²) in [5.41, 5.74) is 3.43. The number of phenols is 1. The Bertz CT molecular complexity index is 893. The third-order valence-corrected chi connectivity index (χ3v) is 4.87. The molecule has 1 aliphatic carbocycles. The number of aromatic amines is 1. The van der Waals surface area contributed by atoms with Gasteiger partial charge in [-0.25, -0.2) is 4.98 Å². The first-order valence-electron chi connectivity index (χ1n) is 8.79. The molecule has 3 N–H and O–H groups in total. The minimum absolute atomic E-state index is 0.123. The largest absolute Gasteiger partial charge is 0.508 e. The van der Waals surface area contributed by atoms with Crippen molar-refractivity contribution < 1.29 is 9.90 Å². The number of hydrogen-bond acceptors (Lipinski definition) is 3. The Morgan fingerprint density at radius 2 is 1.84 bits per heavy atom. The van der Waals surface area contributed by atoms with E-state index in [2.05, 4.69) is 15.3 Å². The molecule has 1 aromatic heterocycles. The number of rotatable bonds is 3. The number of amides is 1. The van der Waals surface area contributed by atoms with Crippen LogP contribution in [0.3, 0.4) is 0 Å². The van der Waals surface area contributed by atoms with Crippen LogP contribution in [0.4, 0.5) is 5.69 Å². The molecule has 1 saturated carbocycles. The van der Waals surface area contributed by atoms with Crippen LogP contribution in [0.2, 0.25) is 0 Å². The highest BCUT2D eigenvalue weighted by molar-refractivity contribution is 5.94. The lowest BCUT2D eigenvalue weighted by atomic mass is 9.88. The maximum Gasteiger partial charge on any atom is 0.227 e. The second-order valence-corrected chi connectivity index (χ2v) is 6.69. The molecule has 0 radical (unpaired) electrons. The minimum atomic E-state index is 0.123. The monoisotopic (exact) mass is 335 g/mol. The van der Waals surface area contributed by atoms with E-state index in [0.717, 1.165) is 53.8 Å².